The normalized spacial score (nSPS) is 17.5. The number of nitrogens with one attached hydrogen (secondary N) is 7. The third kappa shape index (κ3) is 18.3. The van der Waals surface area contributed by atoms with Crippen LogP contribution in [0.1, 0.15) is 86.0 Å². The Morgan fingerprint density at radius 3 is 1.58 bits per heavy atom. The molecule has 0 unspecified atom stereocenters. The van der Waals surface area contributed by atoms with Crippen LogP contribution in [0.3, 0.4) is 0 Å². The number of carboxylic acids is 1. The zero-order chi connectivity index (χ0) is 41.8. The number of aliphatic carboxylic acids is 1. The number of hydrogen-bond acceptors (Lipinski definition) is 12. The van der Waals surface area contributed by atoms with Gasteiger partial charge in [0.25, 0.3) is 0 Å². The SMILES string of the molecule is CSCC[C@H](N)C(=O)N[C@@H](C)C(=O)N[C@@H](CO)C(=O)N[C@@H](C)C(=O)N[C@@H](C)C(=O)N[C@@H](CC1CCCCC1)C(=O)N[C@@H](CS)C(=O)N[C@@H](CC(C)C)C(=O)O. The molecule has 0 aromatic heterocycles. The standard InChI is InChI=1S/C35H62N8O10S2/c1-18(2)14-25(35(52)53)41-34(51)27(17-54)43-32(49)24(15-22-10-8-7-9-11-22)40-29(46)20(4)37-28(45)19(3)39-33(50)26(16-44)42-30(47)21(5)38-31(48)23(36)12-13-55-6/h18-27,44,54H,7-17,36H2,1-6H3,(H,37,45)(H,38,48)(H,39,50)(H,40,46)(H,41,51)(H,42,47)(H,43,49)(H,52,53)/t19-,20-,21-,23-,24-,25-,26-,27-/m0/s1. The van der Waals surface area contributed by atoms with E-state index in [2.05, 4.69) is 49.8 Å². The van der Waals surface area contributed by atoms with Crippen LogP contribution in [0.15, 0.2) is 0 Å². The number of aliphatic hydroxyl groups excluding tert-OH is 1. The topological polar surface area (TPSA) is 287 Å². The predicted octanol–water partition coefficient (Wildman–Crippen LogP) is -1.46. The van der Waals surface area contributed by atoms with Crippen molar-refractivity contribution in [1.82, 2.24) is 37.2 Å². The van der Waals surface area contributed by atoms with Crippen LogP contribution in [0.5, 0.6) is 0 Å². The molecular formula is C35H62N8O10S2. The Bertz CT molecular complexity index is 1320. The lowest BCUT2D eigenvalue weighted by Gasteiger charge is -2.29. The van der Waals surface area contributed by atoms with Crippen molar-refractivity contribution in [2.24, 2.45) is 17.6 Å². The van der Waals surface area contributed by atoms with Gasteiger partial charge in [0.1, 0.15) is 42.3 Å². The highest BCUT2D eigenvalue weighted by atomic mass is 32.2. The second-order valence-corrected chi connectivity index (χ2v) is 15.7. The molecule has 0 heterocycles. The van der Waals surface area contributed by atoms with Crippen molar-refractivity contribution >= 4 is 71.7 Å². The number of thiol groups is 1. The fourth-order valence-electron chi connectivity index (χ4n) is 5.75. The second kappa shape index (κ2) is 25.5. The number of carbonyl (C=O) groups excluding carboxylic acids is 7. The monoisotopic (exact) mass is 818 g/mol. The fourth-order valence-corrected chi connectivity index (χ4v) is 6.50. The maximum absolute atomic E-state index is 13.6. The van der Waals surface area contributed by atoms with Crippen molar-refractivity contribution in [2.45, 2.75) is 134 Å². The highest BCUT2D eigenvalue weighted by molar-refractivity contribution is 7.98. The number of rotatable bonds is 24. The first-order valence-corrected chi connectivity index (χ1v) is 20.7. The van der Waals surface area contributed by atoms with E-state index in [1.54, 1.807) is 0 Å². The summed E-state index contributed by atoms with van der Waals surface area (Å²) < 4.78 is 0. The minimum Gasteiger partial charge on any atom is -0.480 e. The summed E-state index contributed by atoms with van der Waals surface area (Å²) >= 11 is 5.70. The molecule has 11 N–H and O–H groups in total. The molecule has 7 amide bonds. The molecule has 1 fully saturated rings. The summed E-state index contributed by atoms with van der Waals surface area (Å²) in [5.74, 6) is -5.77. The van der Waals surface area contributed by atoms with E-state index in [1.165, 1.54) is 32.5 Å². The Labute approximate surface area is 332 Å². The molecule has 1 rings (SSSR count). The van der Waals surface area contributed by atoms with E-state index in [-0.39, 0.29) is 30.4 Å². The zero-order valence-corrected chi connectivity index (χ0v) is 34.4. The summed E-state index contributed by atoms with van der Waals surface area (Å²) in [6, 6.07) is -9.27. The van der Waals surface area contributed by atoms with Crippen LogP contribution >= 0.6 is 24.4 Å². The van der Waals surface area contributed by atoms with Gasteiger partial charge >= 0.3 is 5.97 Å². The van der Waals surface area contributed by atoms with Crippen molar-refractivity contribution < 1.29 is 48.6 Å². The summed E-state index contributed by atoms with van der Waals surface area (Å²) in [4.78, 5) is 102. The molecule has 0 bridgehead atoms. The molecular weight excluding hydrogens is 757 g/mol. The molecule has 1 aliphatic rings. The largest absolute Gasteiger partial charge is 0.480 e. The van der Waals surface area contributed by atoms with Gasteiger partial charge in [0.2, 0.25) is 41.4 Å². The molecule has 55 heavy (non-hydrogen) atoms. The number of carboxylic acid groups (broad SMARTS) is 1. The third-order valence-electron chi connectivity index (χ3n) is 9.11. The van der Waals surface area contributed by atoms with Gasteiger partial charge in [0, 0.05) is 5.75 Å². The first kappa shape index (κ1) is 49.4. The van der Waals surface area contributed by atoms with Gasteiger partial charge < -0.3 is 53.2 Å². The van der Waals surface area contributed by atoms with Crippen molar-refractivity contribution in [3.8, 4) is 0 Å². The maximum Gasteiger partial charge on any atom is 0.326 e. The molecule has 20 heteroatoms. The van der Waals surface area contributed by atoms with Gasteiger partial charge in [-0.2, -0.15) is 24.4 Å². The quantitative estimate of drug-likeness (QED) is 0.0499. The first-order valence-electron chi connectivity index (χ1n) is 18.7. The van der Waals surface area contributed by atoms with E-state index in [0.29, 0.717) is 12.2 Å². The number of carbonyl (C=O) groups is 8. The van der Waals surface area contributed by atoms with Crippen molar-refractivity contribution in [3.63, 3.8) is 0 Å². The molecule has 0 aliphatic heterocycles. The van der Waals surface area contributed by atoms with Crippen LogP contribution < -0.4 is 43.0 Å². The van der Waals surface area contributed by atoms with E-state index < -0.39 is 102 Å². The van der Waals surface area contributed by atoms with Crippen molar-refractivity contribution in [3.05, 3.63) is 0 Å². The summed E-state index contributed by atoms with van der Waals surface area (Å²) in [6.45, 7) is 6.88. The van der Waals surface area contributed by atoms with Gasteiger partial charge in [0.05, 0.1) is 12.6 Å². The lowest BCUT2D eigenvalue weighted by atomic mass is 9.84. The average molecular weight is 819 g/mol. The molecule has 0 spiro atoms. The van der Waals surface area contributed by atoms with Gasteiger partial charge in [-0.3, -0.25) is 33.6 Å². The number of nitrogens with two attached hydrogens (primary N) is 1. The summed E-state index contributed by atoms with van der Waals surface area (Å²) in [5, 5.41) is 36.7. The van der Waals surface area contributed by atoms with Crippen LogP contribution in [0.2, 0.25) is 0 Å². The first-order chi connectivity index (χ1) is 25.8. The Balaban J connectivity index is 2.89. The molecule has 314 valence electrons. The highest BCUT2D eigenvalue weighted by Gasteiger charge is 2.33. The van der Waals surface area contributed by atoms with Crippen LogP contribution in [0.4, 0.5) is 0 Å². The number of thioether (sulfide) groups is 1. The summed E-state index contributed by atoms with van der Waals surface area (Å²) in [5.41, 5.74) is 5.83. The molecule has 0 aromatic carbocycles. The van der Waals surface area contributed by atoms with Crippen LogP contribution in [-0.4, -0.2) is 130 Å². The minimum atomic E-state index is -1.47. The Kier molecular flexibility index (Phi) is 22.9. The fraction of sp³-hybridized carbons (Fsp3) is 0.771. The van der Waals surface area contributed by atoms with E-state index >= 15 is 0 Å². The van der Waals surface area contributed by atoms with Crippen LogP contribution in [0, 0.1) is 11.8 Å². The van der Waals surface area contributed by atoms with Crippen molar-refractivity contribution in [2.75, 3.05) is 24.4 Å². The van der Waals surface area contributed by atoms with E-state index in [0.717, 1.165) is 32.1 Å². The maximum atomic E-state index is 13.6. The highest BCUT2D eigenvalue weighted by Crippen LogP contribution is 2.27. The lowest BCUT2D eigenvalue weighted by molar-refractivity contribution is -0.142. The minimum absolute atomic E-state index is 0.0251. The molecule has 1 saturated carbocycles. The molecule has 18 nitrogen and oxygen atoms in total. The molecule has 0 radical (unpaired) electrons. The van der Waals surface area contributed by atoms with Gasteiger partial charge in [0.15, 0.2) is 0 Å². The number of hydrogen-bond donors (Lipinski definition) is 11. The summed E-state index contributed by atoms with van der Waals surface area (Å²) in [7, 11) is 0. The number of aliphatic hydroxyl groups is 1. The molecule has 0 saturated heterocycles. The van der Waals surface area contributed by atoms with E-state index in [4.69, 9.17) is 5.73 Å². The molecule has 1 aliphatic carbocycles. The van der Waals surface area contributed by atoms with Crippen molar-refractivity contribution in [1.29, 1.82) is 0 Å². The second-order valence-electron chi connectivity index (χ2n) is 14.4. The van der Waals surface area contributed by atoms with E-state index in [9.17, 15) is 48.6 Å². The molecule has 0 aromatic rings. The molecule has 8 atom stereocenters. The predicted molar refractivity (Wildman–Crippen MR) is 211 cm³/mol. The zero-order valence-electron chi connectivity index (χ0n) is 32.6. The number of amides is 7. The van der Waals surface area contributed by atoms with Gasteiger partial charge in [-0.1, -0.05) is 46.0 Å². The smallest absolute Gasteiger partial charge is 0.326 e. The average Bonchev–Trinajstić information content (AvgIpc) is 3.13. The summed E-state index contributed by atoms with van der Waals surface area (Å²) in [6.07, 6.45) is 7.34. The Hall–Kier alpha value is -3.62. The lowest BCUT2D eigenvalue weighted by Crippen LogP contribution is -2.60. The Morgan fingerprint density at radius 1 is 0.655 bits per heavy atom. The van der Waals surface area contributed by atoms with E-state index in [1.807, 2.05) is 20.1 Å². The van der Waals surface area contributed by atoms with Gasteiger partial charge in [-0.25, -0.2) is 4.79 Å². The van der Waals surface area contributed by atoms with Gasteiger partial charge in [-0.15, -0.1) is 0 Å². The van der Waals surface area contributed by atoms with Crippen LogP contribution in [-0.2, 0) is 38.4 Å². The Morgan fingerprint density at radius 2 is 1.09 bits per heavy atom. The van der Waals surface area contributed by atoms with Gasteiger partial charge in [-0.05, 0) is 63.9 Å². The van der Waals surface area contributed by atoms with Crippen LogP contribution in [0.25, 0.3) is 0 Å². The third-order valence-corrected chi connectivity index (χ3v) is 10.1.